The molecule has 0 heterocycles. The maximum Gasteiger partial charge on any atom is 0.338 e. The molecular weight excluding hydrogens is 717 g/mol. The van der Waals surface area contributed by atoms with Crippen molar-refractivity contribution in [3.8, 4) is 11.1 Å². The van der Waals surface area contributed by atoms with E-state index in [0.29, 0.717) is 11.1 Å². The van der Waals surface area contributed by atoms with Gasteiger partial charge in [-0.3, -0.25) is 9.59 Å². The predicted octanol–water partition coefficient (Wildman–Crippen LogP) is 11.7. The molecule has 0 N–H and O–H groups in total. The topological polar surface area (TPSA) is 105 Å². The van der Waals surface area contributed by atoms with Crippen LogP contribution in [0, 0.1) is 23.7 Å². The average Bonchev–Trinajstić information content (AvgIpc) is 3.36. The van der Waals surface area contributed by atoms with Crippen LogP contribution in [-0.2, 0) is 34.0 Å². The Balaban J connectivity index is 1.92. The van der Waals surface area contributed by atoms with E-state index in [9.17, 15) is 19.2 Å². The fourth-order valence-electron chi connectivity index (χ4n) is 9.99. The van der Waals surface area contributed by atoms with Crippen molar-refractivity contribution in [3.05, 3.63) is 58.7 Å². The first-order valence-corrected chi connectivity index (χ1v) is 21.6. The van der Waals surface area contributed by atoms with Crippen LogP contribution in [0.15, 0.2) is 36.4 Å². The molecule has 8 nitrogen and oxygen atoms in total. The van der Waals surface area contributed by atoms with Crippen LogP contribution in [0.1, 0.15) is 192 Å². The van der Waals surface area contributed by atoms with Gasteiger partial charge in [0.2, 0.25) is 0 Å². The molecule has 0 saturated heterocycles. The van der Waals surface area contributed by atoms with E-state index in [4.69, 9.17) is 18.9 Å². The van der Waals surface area contributed by atoms with Gasteiger partial charge in [-0.2, -0.15) is 0 Å². The van der Waals surface area contributed by atoms with Crippen molar-refractivity contribution >= 4 is 23.9 Å². The van der Waals surface area contributed by atoms with Gasteiger partial charge in [0.25, 0.3) is 0 Å². The molecule has 314 valence electrons. The molecule has 8 heteroatoms. The van der Waals surface area contributed by atoms with Crippen LogP contribution in [0.3, 0.4) is 0 Å². The van der Waals surface area contributed by atoms with Crippen LogP contribution < -0.4 is 0 Å². The van der Waals surface area contributed by atoms with Gasteiger partial charge in [0, 0.05) is 18.3 Å². The Morgan fingerprint density at radius 2 is 0.825 bits per heavy atom. The number of carbonyl (C=O) groups excluding carboxylic acids is 4. The van der Waals surface area contributed by atoms with E-state index in [1.807, 2.05) is 119 Å². The van der Waals surface area contributed by atoms with Gasteiger partial charge in [0.1, 0.15) is 22.4 Å². The minimum Gasteiger partial charge on any atom is -0.460 e. The quantitative estimate of drug-likeness (QED) is 0.173. The lowest BCUT2D eigenvalue weighted by Crippen LogP contribution is -2.51. The molecule has 5 rings (SSSR count). The fourth-order valence-corrected chi connectivity index (χ4v) is 9.99. The van der Waals surface area contributed by atoms with Gasteiger partial charge in [-0.05, 0) is 153 Å². The second-order valence-electron chi connectivity index (χ2n) is 21.0. The fraction of sp³-hybridized carbons (Fsp3) is 0.673. The zero-order valence-corrected chi connectivity index (χ0v) is 37.0. The first-order chi connectivity index (χ1) is 26.4. The highest BCUT2D eigenvalue weighted by Gasteiger charge is 2.58. The number of esters is 4. The van der Waals surface area contributed by atoms with Crippen LogP contribution in [-0.4, -0.2) is 46.3 Å². The smallest absolute Gasteiger partial charge is 0.338 e. The highest BCUT2D eigenvalue weighted by atomic mass is 16.6. The van der Waals surface area contributed by atoms with E-state index in [1.54, 1.807) is 0 Å². The summed E-state index contributed by atoms with van der Waals surface area (Å²) < 4.78 is 24.3. The van der Waals surface area contributed by atoms with Gasteiger partial charge in [-0.15, -0.1) is 0 Å². The van der Waals surface area contributed by atoms with Crippen LogP contribution in [0.2, 0.25) is 0 Å². The summed E-state index contributed by atoms with van der Waals surface area (Å²) in [5, 5.41) is 0. The molecular formula is C49H70O8. The Labute approximate surface area is 342 Å². The van der Waals surface area contributed by atoms with Crippen molar-refractivity contribution in [1.82, 2.24) is 0 Å². The largest absolute Gasteiger partial charge is 0.460 e. The molecule has 2 aromatic carbocycles. The summed E-state index contributed by atoms with van der Waals surface area (Å²) in [5.74, 6) is -1.91. The van der Waals surface area contributed by atoms with Crippen LogP contribution >= 0.6 is 0 Å². The van der Waals surface area contributed by atoms with E-state index in [1.165, 1.54) is 0 Å². The van der Waals surface area contributed by atoms with E-state index < -0.39 is 39.8 Å². The predicted molar refractivity (Wildman–Crippen MR) is 224 cm³/mol. The lowest BCUT2D eigenvalue weighted by atomic mass is 9.51. The van der Waals surface area contributed by atoms with Crippen molar-refractivity contribution in [3.63, 3.8) is 0 Å². The SMILES string of the molecule is CC(C)(C)OC(=O)CC(C1CCCCC1)C1(C(CC(=O)OC(C)(C)C)C2CCCCC2)c2cc(C(=O)OC(C)(C)C)ccc2-c2ccc(C(=O)OC(C)(C)C)cc21. The molecule has 2 fully saturated rings. The maximum absolute atomic E-state index is 14.4. The number of benzene rings is 2. The van der Waals surface area contributed by atoms with Gasteiger partial charge in [-0.25, -0.2) is 9.59 Å². The molecule has 2 saturated carbocycles. The second-order valence-corrected chi connectivity index (χ2v) is 21.0. The summed E-state index contributed by atoms with van der Waals surface area (Å²) in [6.45, 7) is 22.5. The van der Waals surface area contributed by atoms with E-state index in [2.05, 4.69) is 0 Å². The lowest BCUT2D eigenvalue weighted by Gasteiger charge is -2.52. The Bertz CT molecular complexity index is 1650. The third-order valence-electron chi connectivity index (χ3n) is 11.7. The summed E-state index contributed by atoms with van der Waals surface area (Å²) >= 11 is 0. The zero-order valence-electron chi connectivity index (χ0n) is 37.0. The van der Waals surface area contributed by atoms with E-state index in [0.717, 1.165) is 86.5 Å². The summed E-state index contributed by atoms with van der Waals surface area (Å²) in [5.41, 5.74) is 0.646. The summed E-state index contributed by atoms with van der Waals surface area (Å²) in [7, 11) is 0. The molecule has 2 aromatic rings. The van der Waals surface area contributed by atoms with Gasteiger partial charge >= 0.3 is 23.9 Å². The van der Waals surface area contributed by atoms with E-state index >= 15 is 0 Å². The number of rotatable bonds is 10. The highest BCUT2D eigenvalue weighted by Crippen LogP contribution is 2.64. The molecule has 3 aliphatic rings. The minimum absolute atomic E-state index is 0.102. The third-order valence-corrected chi connectivity index (χ3v) is 11.7. The highest BCUT2D eigenvalue weighted by molar-refractivity contribution is 5.95. The molecule has 0 spiro atoms. The Hall–Kier alpha value is -3.68. The Morgan fingerprint density at radius 3 is 1.12 bits per heavy atom. The van der Waals surface area contributed by atoms with Gasteiger partial charge in [-0.1, -0.05) is 76.3 Å². The van der Waals surface area contributed by atoms with Crippen LogP contribution in [0.4, 0.5) is 0 Å². The average molecular weight is 787 g/mol. The molecule has 3 aliphatic carbocycles. The zero-order chi connectivity index (χ0) is 42.1. The second kappa shape index (κ2) is 16.9. The number of fused-ring (bicyclic) bond motifs is 3. The van der Waals surface area contributed by atoms with Gasteiger partial charge < -0.3 is 18.9 Å². The number of carbonyl (C=O) groups is 4. The summed E-state index contributed by atoms with van der Waals surface area (Å²) in [4.78, 5) is 56.9. The molecule has 0 bridgehead atoms. The normalized spacial score (nSPS) is 18.8. The summed E-state index contributed by atoms with van der Waals surface area (Å²) in [6.07, 6.45) is 10.3. The molecule has 0 amide bonds. The lowest BCUT2D eigenvalue weighted by molar-refractivity contribution is -0.159. The third kappa shape index (κ3) is 10.9. The molecule has 0 aliphatic heterocycles. The van der Waals surface area contributed by atoms with Crippen LogP contribution in [0.5, 0.6) is 0 Å². The Kier molecular flexibility index (Phi) is 13.2. The van der Waals surface area contributed by atoms with Crippen molar-refractivity contribution in [1.29, 1.82) is 0 Å². The van der Waals surface area contributed by atoms with Crippen LogP contribution in [0.25, 0.3) is 11.1 Å². The standard InChI is InChI=1S/C49H70O8/c1-45(2,3)54-41(50)29-37(31-19-15-13-16-20-31)49(38(32-21-17-14-18-22-32)30-42(51)55-46(4,5)6)39-27-33(43(52)56-47(7,8)9)23-25-35(39)36-26-24-34(28-40(36)49)44(53)57-48(10,11)12/h23-28,31-32,37-38H,13-22,29-30H2,1-12H3. The molecule has 57 heavy (non-hydrogen) atoms. The maximum atomic E-state index is 14.4. The summed E-state index contributed by atoms with van der Waals surface area (Å²) in [6, 6.07) is 11.6. The molecule has 0 aromatic heterocycles. The van der Waals surface area contributed by atoms with Crippen molar-refractivity contribution in [2.24, 2.45) is 23.7 Å². The molecule has 2 unspecified atom stereocenters. The van der Waals surface area contributed by atoms with Crippen molar-refractivity contribution in [2.45, 2.75) is 188 Å². The van der Waals surface area contributed by atoms with Gasteiger partial charge in [0.15, 0.2) is 0 Å². The monoisotopic (exact) mass is 787 g/mol. The number of hydrogen-bond acceptors (Lipinski definition) is 8. The number of hydrogen-bond donors (Lipinski definition) is 0. The first-order valence-electron chi connectivity index (χ1n) is 21.6. The van der Waals surface area contributed by atoms with Gasteiger partial charge in [0.05, 0.1) is 11.1 Å². The van der Waals surface area contributed by atoms with Crippen molar-refractivity contribution < 1.29 is 38.1 Å². The van der Waals surface area contributed by atoms with Crippen molar-refractivity contribution in [2.75, 3.05) is 0 Å². The molecule has 2 atom stereocenters. The Morgan fingerprint density at radius 1 is 0.509 bits per heavy atom. The minimum atomic E-state index is -0.988. The first kappa shape index (κ1) is 44.4. The van der Waals surface area contributed by atoms with E-state index in [-0.39, 0.29) is 48.5 Å². The molecule has 0 radical (unpaired) electrons. The number of ether oxygens (including phenoxy) is 4.